The second kappa shape index (κ2) is 5.80. The summed E-state index contributed by atoms with van der Waals surface area (Å²) in [6.07, 6.45) is 1.02. The lowest BCUT2D eigenvalue weighted by molar-refractivity contribution is 0.456. The molecule has 0 fully saturated rings. The summed E-state index contributed by atoms with van der Waals surface area (Å²) in [6.45, 7) is 10.8. The SMILES string of the molecule is CCc1ccc(Oc2ccc(C)cc2N)c(C(C)(C)C)c1. The Kier molecular flexibility index (Phi) is 4.26. The lowest BCUT2D eigenvalue weighted by Gasteiger charge is -2.24. The van der Waals surface area contributed by atoms with Crippen LogP contribution in [0.5, 0.6) is 11.5 Å². The number of rotatable bonds is 3. The van der Waals surface area contributed by atoms with Gasteiger partial charge in [0.25, 0.3) is 0 Å². The second-order valence-electron chi connectivity index (χ2n) is 6.58. The molecule has 0 aromatic heterocycles. The summed E-state index contributed by atoms with van der Waals surface area (Å²) in [5.74, 6) is 1.60. The summed E-state index contributed by atoms with van der Waals surface area (Å²) in [7, 11) is 0. The molecule has 21 heavy (non-hydrogen) atoms. The number of nitrogen functional groups attached to an aromatic ring is 1. The number of aryl methyl sites for hydroxylation is 2. The van der Waals surface area contributed by atoms with Crippen LogP contribution in [0.1, 0.15) is 44.4 Å². The Bertz CT molecular complexity index is 638. The van der Waals surface area contributed by atoms with Crippen molar-refractivity contribution in [1.29, 1.82) is 0 Å². The van der Waals surface area contributed by atoms with Gasteiger partial charge in [0, 0.05) is 5.56 Å². The quantitative estimate of drug-likeness (QED) is 0.783. The fraction of sp³-hybridized carbons (Fsp3) is 0.368. The molecule has 0 saturated carbocycles. The molecule has 2 aromatic carbocycles. The van der Waals surface area contributed by atoms with Crippen LogP contribution in [-0.2, 0) is 11.8 Å². The summed E-state index contributed by atoms with van der Waals surface area (Å²) in [4.78, 5) is 0. The molecule has 0 atom stereocenters. The van der Waals surface area contributed by atoms with E-state index in [9.17, 15) is 0 Å². The molecule has 0 spiro atoms. The molecular formula is C19H25NO. The van der Waals surface area contributed by atoms with Gasteiger partial charge in [-0.25, -0.2) is 0 Å². The standard InChI is InChI=1S/C19H25NO/c1-6-14-8-10-17(15(12-14)19(3,4)5)21-18-9-7-13(2)11-16(18)20/h7-12H,6,20H2,1-5H3. The molecule has 0 aliphatic carbocycles. The van der Waals surface area contributed by atoms with Crippen molar-refractivity contribution in [1.82, 2.24) is 0 Å². The maximum atomic E-state index is 6.10. The second-order valence-corrected chi connectivity index (χ2v) is 6.58. The highest BCUT2D eigenvalue weighted by atomic mass is 16.5. The van der Waals surface area contributed by atoms with E-state index >= 15 is 0 Å². The highest BCUT2D eigenvalue weighted by Crippen LogP contribution is 2.36. The Labute approximate surface area is 127 Å². The molecule has 0 amide bonds. The predicted molar refractivity (Wildman–Crippen MR) is 90.2 cm³/mol. The van der Waals surface area contributed by atoms with Crippen LogP contribution in [0.25, 0.3) is 0 Å². The van der Waals surface area contributed by atoms with Gasteiger partial charge in [-0.3, -0.25) is 0 Å². The van der Waals surface area contributed by atoms with Crippen LogP contribution in [0, 0.1) is 6.92 Å². The average molecular weight is 283 g/mol. The number of hydrogen-bond donors (Lipinski definition) is 1. The Morgan fingerprint density at radius 2 is 1.67 bits per heavy atom. The van der Waals surface area contributed by atoms with Gasteiger partial charge in [0.2, 0.25) is 0 Å². The molecule has 2 N–H and O–H groups in total. The smallest absolute Gasteiger partial charge is 0.150 e. The molecule has 0 unspecified atom stereocenters. The topological polar surface area (TPSA) is 35.2 Å². The minimum absolute atomic E-state index is 0.0278. The van der Waals surface area contributed by atoms with E-state index in [0.29, 0.717) is 5.69 Å². The summed E-state index contributed by atoms with van der Waals surface area (Å²) < 4.78 is 6.10. The monoisotopic (exact) mass is 283 g/mol. The van der Waals surface area contributed by atoms with Gasteiger partial charge in [-0.1, -0.05) is 45.9 Å². The van der Waals surface area contributed by atoms with Crippen LogP contribution in [0.15, 0.2) is 36.4 Å². The fourth-order valence-electron chi connectivity index (χ4n) is 2.35. The number of anilines is 1. The van der Waals surface area contributed by atoms with E-state index in [1.54, 1.807) is 0 Å². The van der Waals surface area contributed by atoms with Crippen LogP contribution in [0.4, 0.5) is 5.69 Å². The van der Waals surface area contributed by atoms with Crippen molar-refractivity contribution in [3.63, 3.8) is 0 Å². The molecule has 2 rings (SSSR count). The first-order chi connectivity index (χ1) is 9.81. The molecule has 0 aliphatic rings. The number of nitrogens with two attached hydrogens (primary N) is 1. The maximum Gasteiger partial charge on any atom is 0.150 e. The van der Waals surface area contributed by atoms with Crippen molar-refractivity contribution in [3.05, 3.63) is 53.1 Å². The summed E-state index contributed by atoms with van der Waals surface area (Å²) in [6, 6.07) is 12.3. The summed E-state index contributed by atoms with van der Waals surface area (Å²) >= 11 is 0. The van der Waals surface area contributed by atoms with Crippen LogP contribution in [0.2, 0.25) is 0 Å². The van der Waals surface area contributed by atoms with Gasteiger partial charge >= 0.3 is 0 Å². The highest BCUT2D eigenvalue weighted by molar-refractivity contribution is 5.56. The third kappa shape index (κ3) is 3.57. The van der Waals surface area contributed by atoms with Crippen LogP contribution < -0.4 is 10.5 Å². The molecule has 0 aliphatic heterocycles. The molecule has 112 valence electrons. The van der Waals surface area contributed by atoms with Crippen molar-refractivity contribution < 1.29 is 4.74 Å². The first-order valence-corrected chi connectivity index (χ1v) is 7.48. The van der Waals surface area contributed by atoms with Gasteiger partial charge in [0.05, 0.1) is 5.69 Å². The molecule has 2 heteroatoms. The van der Waals surface area contributed by atoms with Crippen molar-refractivity contribution in [2.75, 3.05) is 5.73 Å². The van der Waals surface area contributed by atoms with Gasteiger partial charge in [0.15, 0.2) is 0 Å². The Hall–Kier alpha value is -1.96. The zero-order chi connectivity index (χ0) is 15.6. The third-order valence-corrected chi connectivity index (χ3v) is 3.65. The van der Waals surface area contributed by atoms with Crippen LogP contribution in [0.3, 0.4) is 0 Å². The van der Waals surface area contributed by atoms with E-state index in [4.69, 9.17) is 10.5 Å². The third-order valence-electron chi connectivity index (χ3n) is 3.65. The van der Waals surface area contributed by atoms with E-state index in [2.05, 4.69) is 45.9 Å². The van der Waals surface area contributed by atoms with Gasteiger partial charge in [-0.2, -0.15) is 0 Å². The molecule has 0 radical (unpaired) electrons. The van der Waals surface area contributed by atoms with Crippen molar-refractivity contribution in [3.8, 4) is 11.5 Å². The average Bonchev–Trinajstić information content (AvgIpc) is 2.41. The van der Waals surface area contributed by atoms with Crippen molar-refractivity contribution >= 4 is 5.69 Å². The zero-order valence-corrected chi connectivity index (χ0v) is 13.7. The summed E-state index contributed by atoms with van der Waals surface area (Å²) in [5.41, 5.74) is 10.4. The van der Waals surface area contributed by atoms with Gasteiger partial charge in [-0.15, -0.1) is 0 Å². The first kappa shape index (κ1) is 15.4. The van der Waals surface area contributed by atoms with E-state index in [1.165, 1.54) is 11.1 Å². The molecule has 2 aromatic rings. The van der Waals surface area contributed by atoms with Crippen molar-refractivity contribution in [2.24, 2.45) is 0 Å². The van der Waals surface area contributed by atoms with E-state index in [0.717, 1.165) is 23.5 Å². The molecule has 2 nitrogen and oxygen atoms in total. The predicted octanol–water partition coefficient (Wildman–Crippen LogP) is 5.23. The van der Waals surface area contributed by atoms with E-state index in [1.807, 2.05) is 25.1 Å². The van der Waals surface area contributed by atoms with Gasteiger partial charge in [0.1, 0.15) is 11.5 Å². The molecule has 0 saturated heterocycles. The largest absolute Gasteiger partial charge is 0.455 e. The van der Waals surface area contributed by atoms with E-state index < -0.39 is 0 Å². The normalized spacial score (nSPS) is 11.5. The minimum atomic E-state index is 0.0278. The number of ether oxygens (including phenoxy) is 1. The summed E-state index contributed by atoms with van der Waals surface area (Å²) in [5, 5.41) is 0. The lowest BCUT2D eigenvalue weighted by Crippen LogP contribution is -2.13. The minimum Gasteiger partial charge on any atom is -0.455 e. The van der Waals surface area contributed by atoms with Crippen molar-refractivity contribution in [2.45, 2.75) is 46.5 Å². The molecular weight excluding hydrogens is 258 g/mol. The van der Waals surface area contributed by atoms with E-state index in [-0.39, 0.29) is 5.41 Å². The number of benzene rings is 2. The lowest BCUT2D eigenvalue weighted by atomic mass is 9.85. The Morgan fingerprint density at radius 1 is 1.00 bits per heavy atom. The molecule has 0 heterocycles. The molecule has 0 bridgehead atoms. The van der Waals surface area contributed by atoms with Gasteiger partial charge < -0.3 is 10.5 Å². The Morgan fingerprint density at radius 3 is 2.24 bits per heavy atom. The van der Waals surface area contributed by atoms with Crippen LogP contribution in [-0.4, -0.2) is 0 Å². The Balaban J connectivity index is 2.44. The maximum absolute atomic E-state index is 6.10. The first-order valence-electron chi connectivity index (χ1n) is 7.48. The van der Waals surface area contributed by atoms with Crippen LogP contribution >= 0.6 is 0 Å². The highest BCUT2D eigenvalue weighted by Gasteiger charge is 2.20. The number of hydrogen-bond acceptors (Lipinski definition) is 2. The fourth-order valence-corrected chi connectivity index (χ4v) is 2.35. The zero-order valence-electron chi connectivity index (χ0n) is 13.7. The van der Waals surface area contributed by atoms with Gasteiger partial charge in [-0.05, 0) is 48.1 Å².